The van der Waals surface area contributed by atoms with Gasteiger partial charge in [0.1, 0.15) is 11.6 Å². The molecule has 1 aliphatic carbocycles. The Morgan fingerprint density at radius 3 is 2.64 bits per heavy atom. The molecule has 3 rings (SSSR count). The molecule has 1 atom stereocenters. The van der Waals surface area contributed by atoms with Gasteiger partial charge in [0.15, 0.2) is 5.78 Å². The molecule has 0 aliphatic heterocycles. The van der Waals surface area contributed by atoms with E-state index >= 15 is 0 Å². The van der Waals surface area contributed by atoms with E-state index < -0.39 is 0 Å². The van der Waals surface area contributed by atoms with E-state index in [1.807, 2.05) is 6.07 Å². The summed E-state index contributed by atoms with van der Waals surface area (Å²) in [6.45, 7) is 0. The summed E-state index contributed by atoms with van der Waals surface area (Å²) in [6, 6.07) is 10.7. The minimum absolute atomic E-state index is 0.0811. The molecule has 0 saturated carbocycles. The lowest BCUT2D eigenvalue weighted by molar-refractivity contribution is -0.121. The van der Waals surface area contributed by atoms with Crippen molar-refractivity contribution in [1.82, 2.24) is 5.32 Å². The van der Waals surface area contributed by atoms with Gasteiger partial charge in [-0.05, 0) is 60.7 Å². The van der Waals surface area contributed by atoms with Crippen molar-refractivity contribution in [3.8, 4) is 5.75 Å². The maximum absolute atomic E-state index is 12.9. The zero-order valence-electron chi connectivity index (χ0n) is 13.8. The smallest absolute Gasteiger partial charge is 0.220 e. The molecule has 25 heavy (non-hydrogen) atoms. The number of nitrogens with one attached hydrogen (secondary N) is 1. The Kier molecular flexibility index (Phi) is 5.12. The van der Waals surface area contributed by atoms with Gasteiger partial charge >= 0.3 is 0 Å². The van der Waals surface area contributed by atoms with Crippen LogP contribution in [-0.4, -0.2) is 16.8 Å². The molecule has 0 aromatic heterocycles. The SMILES string of the molecule is O=C(CCCC(=O)c1ccc(F)cc1)N[C@H]1CCc2c(O)cccc21. The maximum atomic E-state index is 12.9. The number of rotatable bonds is 6. The number of ketones is 1. The fourth-order valence-electron chi connectivity index (χ4n) is 3.24. The summed E-state index contributed by atoms with van der Waals surface area (Å²) in [6.07, 6.45) is 2.48. The highest BCUT2D eigenvalue weighted by Gasteiger charge is 2.25. The van der Waals surface area contributed by atoms with Gasteiger partial charge in [0, 0.05) is 18.4 Å². The summed E-state index contributed by atoms with van der Waals surface area (Å²) in [5.74, 6) is -0.296. The predicted octanol–water partition coefficient (Wildman–Crippen LogP) is 3.69. The number of fused-ring (bicyclic) bond motifs is 1. The van der Waals surface area contributed by atoms with Crippen molar-refractivity contribution < 1.29 is 19.1 Å². The largest absolute Gasteiger partial charge is 0.508 e. The van der Waals surface area contributed by atoms with Crippen LogP contribution in [0.3, 0.4) is 0 Å². The first-order chi connectivity index (χ1) is 12.0. The summed E-state index contributed by atoms with van der Waals surface area (Å²) < 4.78 is 12.9. The third-order valence-corrected chi connectivity index (χ3v) is 4.56. The van der Waals surface area contributed by atoms with Gasteiger partial charge in [-0.3, -0.25) is 9.59 Å². The second kappa shape index (κ2) is 7.47. The number of aromatic hydroxyl groups is 1. The number of hydrogen-bond donors (Lipinski definition) is 2. The van der Waals surface area contributed by atoms with Crippen LogP contribution in [0.1, 0.15) is 53.2 Å². The second-order valence-electron chi connectivity index (χ2n) is 6.29. The number of halogens is 1. The number of amides is 1. The number of phenols is 1. The van der Waals surface area contributed by atoms with Gasteiger partial charge in [0.05, 0.1) is 6.04 Å². The monoisotopic (exact) mass is 341 g/mol. The average molecular weight is 341 g/mol. The van der Waals surface area contributed by atoms with Gasteiger partial charge in [-0.15, -0.1) is 0 Å². The van der Waals surface area contributed by atoms with E-state index in [4.69, 9.17) is 0 Å². The molecule has 4 nitrogen and oxygen atoms in total. The van der Waals surface area contributed by atoms with Crippen LogP contribution >= 0.6 is 0 Å². The molecule has 1 aliphatic rings. The van der Waals surface area contributed by atoms with Crippen molar-refractivity contribution in [3.05, 3.63) is 65.0 Å². The summed E-state index contributed by atoms with van der Waals surface area (Å²) in [5, 5.41) is 12.8. The van der Waals surface area contributed by atoms with Crippen LogP contribution in [-0.2, 0) is 11.2 Å². The number of phenolic OH excluding ortho intramolecular Hbond substituents is 1. The van der Waals surface area contributed by atoms with E-state index in [-0.39, 0.29) is 42.1 Å². The number of hydrogen-bond acceptors (Lipinski definition) is 3. The van der Waals surface area contributed by atoms with E-state index in [2.05, 4.69) is 5.32 Å². The number of Topliss-reactive ketones (excluding diaryl/α,β-unsaturated/α-hetero) is 1. The third kappa shape index (κ3) is 4.05. The van der Waals surface area contributed by atoms with E-state index in [0.29, 0.717) is 12.0 Å². The fourth-order valence-corrected chi connectivity index (χ4v) is 3.24. The van der Waals surface area contributed by atoms with E-state index in [1.165, 1.54) is 24.3 Å². The van der Waals surface area contributed by atoms with Crippen LogP contribution in [0.15, 0.2) is 42.5 Å². The zero-order valence-corrected chi connectivity index (χ0v) is 13.8. The normalized spacial score (nSPS) is 15.6. The average Bonchev–Trinajstić information content (AvgIpc) is 3.00. The second-order valence-corrected chi connectivity index (χ2v) is 6.29. The fraction of sp³-hybridized carbons (Fsp3) is 0.300. The first-order valence-electron chi connectivity index (χ1n) is 8.43. The Labute approximate surface area is 145 Å². The topological polar surface area (TPSA) is 66.4 Å². The molecular formula is C20H20FNO3. The molecule has 2 aromatic rings. The third-order valence-electron chi connectivity index (χ3n) is 4.56. The standard InChI is InChI=1S/C20H20FNO3/c21-14-9-7-13(8-10-14)18(23)4-2-6-20(25)22-17-12-11-16-15(17)3-1-5-19(16)24/h1,3,5,7-10,17,24H,2,4,6,11-12H2,(H,22,25)/t17-/m0/s1. The molecule has 2 N–H and O–H groups in total. The van der Waals surface area contributed by atoms with Gasteiger partial charge in [0.2, 0.25) is 5.91 Å². The molecule has 0 spiro atoms. The molecular weight excluding hydrogens is 321 g/mol. The summed E-state index contributed by atoms with van der Waals surface area (Å²) in [5.41, 5.74) is 2.33. The Morgan fingerprint density at radius 1 is 1.12 bits per heavy atom. The molecule has 130 valence electrons. The lowest BCUT2D eigenvalue weighted by Gasteiger charge is -2.14. The Hall–Kier alpha value is -2.69. The number of benzene rings is 2. The molecule has 5 heteroatoms. The van der Waals surface area contributed by atoms with Crippen molar-refractivity contribution in [2.24, 2.45) is 0 Å². The molecule has 0 unspecified atom stereocenters. The summed E-state index contributed by atoms with van der Waals surface area (Å²) in [7, 11) is 0. The first-order valence-corrected chi connectivity index (χ1v) is 8.43. The minimum atomic E-state index is -0.376. The van der Waals surface area contributed by atoms with Crippen LogP contribution in [0, 0.1) is 5.82 Å². The van der Waals surface area contributed by atoms with Gasteiger partial charge in [-0.1, -0.05) is 12.1 Å². The predicted molar refractivity (Wildman–Crippen MR) is 91.9 cm³/mol. The lowest BCUT2D eigenvalue weighted by Crippen LogP contribution is -2.26. The molecule has 2 aromatic carbocycles. The van der Waals surface area contributed by atoms with Crippen molar-refractivity contribution in [1.29, 1.82) is 0 Å². The Morgan fingerprint density at radius 2 is 1.88 bits per heavy atom. The van der Waals surface area contributed by atoms with E-state index in [9.17, 15) is 19.1 Å². The quantitative estimate of drug-likeness (QED) is 0.788. The number of carbonyl (C=O) groups is 2. The zero-order chi connectivity index (χ0) is 17.8. The van der Waals surface area contributed by atoms with Crippen LogP contribution in [0.5, 0.6) is 5.75 Å². The van der Waals surface area contributed by atoms with Crippen LogP contribution in [0.2, 0.25) is 0 Å². The van der Waals surface area contributed by atoms with Gasteiger partial charge in [0.25, 0.3) is 0 Å². The van der Waals surface area contributed by atoms with Gasteiger partial charge in [-0.2, -0.15) is 0 Å². The Bertz CT molecular complexity index is 786. The molecule has 0 fully saturated rings. The van der Waals surface area contributed by atoms with Crippen molar-refractivity contribution in [3.63, 3.8) is 0 Å². The number of carbonyl (C=O) groups excluding carboxylic acids is 2. The summed E-state index contributed by atoms with van der Waals surface area (Å²) >= 11 is 0. The van der Waals surface area contributed by atoms with Gasteiger partial charge in [-0.25, -0.2) is 4.39 Å². The highest BCUT2D eigenvalue weighted by atomic mass is 19.1. The van der Waals surface area contributed by atoms with Crippen LogP contribution < -0.4 is 5.32 Å². The molecule has 0 heterocycles. The molecule has 0 saturated heterocycles. The van der Waals surface area contributed by atoms with Gasteiger partial charge < -0.3 is 10.4 Å². The van der Waals surface area contributed by atoms with Crippen molar-refractivity contribution in [2.75, 3.05) is 0 Å². The maximum Gasteiger partial charge on any atom is 0.220 e. The van der Waals surface area contributed by atoms with Crippen molar-refractivity contribution in [2.45, 2.75) is 38.1 Å². The van der Waals surface area contributed by atoms with Crippen LogP contribution in [0.4, 0.5) is 4.39 Å². The molecule has 0 radical (unpaired) electrons. The van der Waals surface area contributed by atoms with Crippen molar-refractivity contribution >= 4 is 11.7 Å². The molecule has 0 bridgehead atoms. The minimum Gasteiger partial charge on any atom is -0.508 e. The summed E-state index contributed by atoms with van der Waals surface area (Å²) in [4.78, 5) is 24.1. The Balaban J connectivity index is 1.47. The highest BCUT2D eigenvalue weighted by Crippen LogP contribution is 2.36. The van der Waals surface area contributed by atoms with E-state index in [0.717, 1.165) is 24.0 Å². The van der Waals surface area contributed by atoms with E-state index in [1.54, 1.807) is 12.1 Å². The highest BCUT2D eigenvalue weighted by molar-refractivity contribution is 5.96. The lowest BCUT2D eigenvalue weighted by atomic mass is 10.0. The first kappa shape index (κ1) is 17.1. The van der Waals surface area contributed by atoms with Crippen LogP contribution in [0.25, 0.3) is 0 Å². The molecule has 1 amide bonds.